The highest BCUT2D eigenvalue weighted by Crippen LogP contribution is 2.56. The zero-order chi connectivity index (χ0) is 39.6. The summed E-state index contributed by atoms with van der Waals surface area (Å²) in [4.78, 5) is 30.8. The number of hydrogen-bond donors (Lipinski definition) is 0. The Morgan fingerprint density at radius 2 is 1.56 bits per heavy atom. The number of allylic oxidation sites excluding steroid dienone is 4. The molecule has 3 saturated heterocycles. The van der Waals surface area contributed by atoms with Gasteiger partial charge < -0.3 is 42.8 Å². The topological polar surface area (TPSA) is 111 Å². The molecule has 0 aromatic carbocycles. The fraction of sp³-hybridized carbons (Fsp3) is 0.864. The number of carbonyl (C=O) groups excluding carboxylic acids is 2. The third-order valence-corrected chi connectivity index (χ3v) is 14.1. The fourth-order valence-corrected chi connectivity index (χ4v) is 11.2. The van der Waals surface area contributed by atoms with Gasteiger partial charge >= 0.3 is 5.97 Å². The van der Waals surface area contributed by atoms with E-state index in [1.54, 1.807) is 21.3 Å². The van der Waals surface area contributed by atoms with E-state index in [4.69, 9.17) is 37.9 Å². The van der Waals surface area contributed by atoms with Gasteiger partial charge in [0.15, 0.2) is 18.4 Å². The van der Waals surface area contributed by atoms with Crippen LogP contribution < -0.4 is 0 Å². The second-order valence-electron chi connectivity index (χ2n) is 17.5. The zero-order valence-corrected chi connectivity index (χ0v) is 35.3. The van der Waals surface area contributed by atoms with Crippen LogP contribution in [-0.4, -0.2) is 119 Å². The number of ketones is 1. The Kier molecular flexibility index (Phi) is 14.8. The van der Waals surface area contributed by atoms with Crippen molar-refractivity contribution < 1.29 is 47.5 Å². The van der Waals surface area contributed by atoms with E-state index in [1.165, 1.54) is 5.57 Å². The predicted octanol–water partition coefficient (Wildman–Crippen LogP) is 6.66. The molecule has 4 unspecified atom stereocenters. The zero-order valence-electron chi connectivity index (χ0n) is 35.3. The Labute approximate surface area is 330 Å². The molecule has 1 saturated carbocycles. The number of methoxy groups -OCH3 is 3. The minimum Gasteiger partial charge on any atom is -0.462 e. The second-order valence-corrected chi connectivity index (χ2v) is 17.5. The van der Waals surface area contributed by atoms with Crippen molar-refractivity contribution in [2.75, 3.05) is 34.9 Å². The lowest BCUT2D eigenvalue weighted by atomic mass is 9.67. The summed E-state index contributed by atoms with van der Waals surface area (Å²) in [7, 11) is 7.17. The fourth-order valence-electron chi connectivity index (χ4n) is 11.2. The Hall–Kier alpha value is -1.70. The van der Waals surface area contributed by atoms with Crippen molar-refractivity contribution in [1.82, 2.24) is 4.90 Å². The molecule has 0 amide bonds. The molecule has 0 bridgehead atoms. The average molecular weight is 774 g/mol. The summed E-state index contributed by atoms with van der Waals surface area (Å²) in [5.41, 5.74) is 2.08. The van der Waals surface area contributed by atoms with Crippen LogP contribution in [0.15, 0.2) is 23.3 Å². The van der Waals surface area contributed by atoms with E-state index in [1.807, 2.05) is 13.8 Å². The third kappa shape index (κ3) is 9.14. The Balaban J connectivity index is 1.22. The standard InChI is InChI=1S/C44H71NO10/c1-11-18-45(7)36-16-17-39(51-26(36)5)55-37-15-13-14-28(12-2)53-38(46)23-34-31-19-24(3)30-20-29(21-32(30)33(31)22-35(34)40(47)25(37)4)54-44-43(50-10)42(49-9)41(48-8)27(6)52-44/h19,22,25-34,36-37,39,41-44H,11-18,20-21,23H2,1-10H3/t25-,26?,27?,28+,29-,30+,31-,32-,33-,34+,36+,37+,39+,41+,42?,43?,44+/m1/s1. The van der Waals surface area contributed by atoms with Gasteiger partial charge in [-0.25, -0.2) is 0 Å². The summed E-state index contributed by atoms with van der Waals surface area (Å²) in [5, 5.41) is 0. The van der Waals surface area contributed by atoms with Crippen LogP contribution in [0.3, 0.4) is 0 Å². The first-order chi connectivity index (χ1) is 26.4. The number of carbonyl (C=O) groups is 2. The largest absolute Gasteiger partial charge is 0.462 e. The molecular weight excluding hydrogens is 702 g/mol. The number of nitrogens with zero attached hydrogens (tertiary/aromatic N) is 1. The van der Waals surface area contributed by atoms with Gasteiger partial charge in [-0.1, -0.05) is 38.5 Å². The first-order valence-corrected chi connectivity index (χ1v) is 21.5. The summed E-state index contributed by atoms with van der Waals surface area (Å²) < 4.78 is 50.0. The van der Waals surface area contributed by atoms with E-state index in [-0.39, 0.29) is 96.8 Å². The third-order valence-electron chi connectivity index (χ3n) is 14.1. The molecule has 11 heteroatoms. The molecule has 312 valence electrons. The monoisotopic (exact) mass is 774 g/mol. The van der Waals surface area contributed by atoms with Gasteiger partial charge in [0.05, 0.1) is 30.8 Å². The van der Waals surface area contributed by atoms with Gasteiger partial charge in [-0.3, -0.25) is 9.59 Å². The van der Waals surface area contributed by atoms with Gasteiger partial charge in [-0.15, -0.1) is 0 Å². The summed E-state index contributed by atoms with van der Waals surface area (Å²) in [6.07, 6.45) is 9.73. The summed E-state index contributed by atoms with van der Waals surface area (Å²) in [5.74, 6) is 0.0104. The number of rotatable bonds is 11. The molecule has 3 heterocycles. The molecule has 4 fully saturated rings. The highest BCUT2D eigenvalue weighted by Gasteiger charge is 2.53. The molecule has 11 nitrogen and oxygen atoms in total. The first kappa shape index (κ1) is 42.9. The number of likely N-dealkylation sites (N-methyl/N-ethyl adjacent to an activating group) is 1. The molecule has 3 aliphatic carbocycles. The van der Waals surface area contributed by atoms with Crippen molar-refractivity contribution in [2.45, 2.75) is 173 Å². The molecule has 0 spiro atoms. The van der Waals surface area contributed by atoms with E-state index < -0.39 is 12.4 Å². The highest BCUT2D eigenvalue weighted by molar-refractivity contribution is 5.99. The van der Waals surface area contributed by atoms with Crippen molar-refractivity contribution >= 4 is 11.8 Å². The Bertz CT molecular complexity index is 1370. The summed E-state index contributed by atoms with van der Waals surface area (Å²) >= 11 is 0. The SMILES string of the molecule is CCCN(C)[C@H]1CC[C@H](O[C@H]2CCC[C@H](CC)OC(=O)C[C@@H]3C(=C[C@@H]4[C@H]3C=C(C)[C@@H]3C[C@@H](O[C@@H]5OC(C)[C@H](OC)C(OC)C5OC)C[C@@H]43)C(=O)[C@@H]2C)OC1C. The van der Waals surface area contributed by atoms with Crippen molar-refractivity contribution in [2.24, 2.45) is 35.5 Å². The number of esters is 1. The molecule has 0 N–H and O–H groups in total. The Morgan fingerprint density at radius 3 is 2.24 bits per heavy atom. The van der Waals surface area contributed by atoms with Crippen LogP contribution in [0.4, 0.5) is 0 Å². The van der Waals surface area contributed by atoms with Gasteiger partial charge in [0.2, 0.25) is 0 Å². The van der Waals surface area contributed by atoms with E-state index in [0.717, 1.165) is 63.5 Å². The number of hydrogen-bond acceptors (Lipinski definition) is 11. The minimum atomic E-state index is -0.599. The molecule has 0 aromatic heterocycles. The van der Waals surface area contributed by atoms with Gasteiger partial charge in [0.1, 0.15) is 24.4 Å². The lowest BCUT2D eigenvalue weighted by Gasteiger charge is -2.44. The van der Waals surface area contributed by atoms with E-state index >= 15 is 0 Å². The molecule has 0 aromatic rings. The highest BCUT2D eigenvalue weighted by atomic mass is 16.7. The van der Waals surface area contributed by atoms with Gasteiger partial charge in [-0.05, 0) is 121 Å². The average Bonchev–Trinajstić information content (AvgIpc) is 3.74. The molecule has 6 rings (SSSR count). The van der Waals surface area contributed by atoms with Crippen molar-refractivity contribution in [3.63, 3.8) is 0 Å². The van der Waals surface area contributed by atoms with Crippen LogP contribution in [0.1, 0.15) is 106 Å². The minimum absolute atomic E-state index is 0.0404. The van der Waals surface area contributed by atoms with Crippen LogP contribution in [0.25, 0.3) is 0 Å². The van der Waals surface area contributed by atoms with Crippen LogP contribution in [0.2, 0.25) is 0 Å². The lowest BCUT2D eigenvalue weighted by Crippen LogP contribution is -2.59. The molecule has 6 aliphatic rings. The number of ether oxygens (including phenoxy) is 8. The van der Waals surface area contributed by atoms with E-state index in [2.05, 4.69) is 51.8 Å². The molecule has 55 heavy (non-hydrogen) atoms. The van der Waals surface area contributed by atoms with Gasteiger partial charge in [0.25, 0.3) is 0 Å². The second kappa shape index (κ2) is 18.9. The maximum absolute atomic E-state index is 14.8. The maximum atomic E-state index is 14.8. The molecule has 3 aliphatic heterocycles. The van der Waals surface area contributed by atoms with Gasteiger partial charge in [0, 0.05) is 39.2 Å². The quantitative estimate of drug-likeness (QED) is 0.166. The van der Waals surface area contributed by atoms with Crippen LogP contribution in [0.5, 0.6) is 0 Å². The number of Topliss-reactive ketones (excluding diaryl/α,β-unsaturated/α-hetero) is 1. The van der Waals surface area contributed by atoms with Crippen molar-refractivity contribution in [3.05, 3.63) is 23.3 Å². The van der Waals surface area contributed by atoms with Crippen molar-refractivity contribution in [1.29, 1.82) is 0 Å². The molecule has 17 atom stereocenters. The van der Waals surface area contributed by atoms with Gasteiger partial charge in [-0.2, -0.15) is 0 Å². The normalized spacial score (nSPS) is 44.1. The van der Waals surface area contributed by atoms with Crippen molar-refractivity contribution in [3.8, 4) is 0 Å². The Morgan fingerprint density at radius 1 is 0.818 bits per heavy atom. The maximum Gasteiger partial charge on any atom is 0.306 e. The smallest absolute Gasteiger partial charge is 0.306 e. The summed E-state index contributed by atoms with van der Waals surface area (Å²) in [6, 6.07) is 0.356. The number of cyclic esters (lactones) is 1. The number of fused-ring (bicyclic) bond motifs is 5. The van der Waals surface area contributed by atoms with Crippen LogP contribution in [0, 0.1) is 35.5 Å². The van der Waals surface area contributed by atoms with Crippen LogP contribution >= 0.6 is 0 Å². The van der Waals surface area contributed by atoms with E-state index in [9.17, 15) is 9.59 Å². The summed E-state index contributed by atoms with van der Waals surface area (Å²) in [6.45, 7) is 13.7. The lowest BCUT2D eigenvalue weighted by molar-refractivity contribution is -0.314. The van der Waals surface area contributed by atoms with E-state index in [0.29, 0.717) is 18.4 Å². The molecule has 0 radical (unpaired) electrons. The molecular formula is C44H71NO10. The predicted molar refractivity (Wildman–Crippen MR) is 208 cm³/mol. The first-order valence-electron chi connectivity index (χ1n) is 21.5. The van der Waals surface area contributed by atoms with Crippen LogP contribution in [-0.2, 0) is 47.5 Å².